The number of hydrogen-bond acceptors (Lipinski definition) is 3. The van der Waals surface area contributed by atoms with Crippen LogP contribution < -0.4 is 5.73 Å². The van der Waals surface area contributed by atoms with Crippen LogP contribution in [0.5, 0.6) is 0 Å². The number of nitrogens with two attached hydrogens (primary N) is 1. The van der Waals surface area contributed by atoms with E-state index in [4.69, 9.17) is 5.73 Å². The van der Waals surface area contributed by atoms with Gasteiger partial charge in [-0.3, -0.25) is 9.88 Å². The molecule has 2 rings (SSSR count). The molecule has 0 saturated heterocycles. The summed E-state index contributed by atoms with van der Waals surface area (Å²) in [6, 6.07) is 14.7. The fourth-order valence-electron chi connectivity index (χ4n) is 2.63. The van der Waals surface area contributed by atoms with Crippen molar-refractivity contribution < 1.29 is 0 Å². The van der Waals surface area contributed by atoms with E-state index in [-0.39, 0.29) is 12.1 Å². The van der Waals surface area contributed by atoms with Crippen LogP contribution >= 0.6 is 15.9 Å². The van der Waals surface area contributed by atoms with Crippen LogP contribution in [0.2, 0.25) is 0 Å². The molecule has 1 heterocycles. The number of pyridine rings is 1. The normalized spacial score (nSPS) is 14.1. The zero-order chi connectivity index (χ0) is 15.2. The molecule has 0 fully saturated rings. The molecular weight excluding hydrogens is 326 g/mol. The second-order valence-electron chi connectivity index (χ2n) is 5.41. The second kappa shape index (κ2) is 7.69. The molecule has 4 heteroatoms. The lowest BCUT2D eigenvalue weighted by Gasteiger charge is -2.31. The molecule has 2 unspecified atom stereocenters. The molecule has 1 aromatic carbocycles. The quantitative estimate of drug-likeness (QED) is 0.870. The Morgan fingerprint density at radius 3 is 2.67 bits per heavy atom. The van der Waals surface area contributed by atoms with E-state index < -0.39 is 0 Å². The Bertz CT molecular complexity index is 557. The summed E-state index contributed by atoms with van der Waals surface area (Å²) in [6.07, 6.45) is 2.77. The van der Waals surface area contributed by atoms with Gasteiger partial charge in [0.15, 0.2) is 0 Å². The van der Waals surface area contributed by atoms with Crippen molar-refractivity contribution in [1.29, 1.82) is 0 Å². The van der Waals surface area contributed by atoms with Crippen LogP contribution in [-0.2, 0) is 6.42 Å². The van der Waals surface area contributed by atoms with Gasteiger partial charge in [-0.2, -0.15) is 0 Å². The van der Waals surface area contributed by atoms with Crippen LogP contribution in [0.4, 0.5) is 0 Å². The molecule has 21 heavy (non-hydrogen) atoms. The standard InChI is InChI=1S/C17H22BrN3/c1-13(19)17(14-6-5-7-15(18)12-14)21(2)11-9-16-8-3-4-10-20-16/h3-8,10,12-13,17H,9,11,19H2,1-2H3. The van der Waals surface area contributed by atoms with E-state index in [2.05, 4.69) is 64.1 Å². The molecule has 0 saturated carbocycles. The van der Waals surface area contributed by atoms with E-state index in [9.17, 15) is 0 Å². The summed E-state index contributed by atoms with van der Waals surface area (Å²) in [5.41, 5.74) is 8.57. The van der Waals surface area contributed by atoms with Gasteiger partial charge in [0.05, 0.1) is 0 Å². The molecule has 0 spiro atoms. The Balaban J connectivity index is 2.07. The number of aromatic nitrogens is 1. The van der Waals surface area contributed by atoms with Crippen LogP contribution in [0.1, 0.15) is 24.2 Å². The van der Waals surface area contributed by atoms with Gasteiger partial charge in [0, 0.05) is 41.4 Å². The number of benzene rings is 1. The molecule has 1 aromatic heterocycles. The van der Waals surface area contributed by atoms with Gasteiger partial charge in [-0.05, 0) is 43.8 Å². The third-order valence-electron chi connectivity index (χ3n) is 3.61. The van der Waals surface area contributed by atoms with Gasteiger partial charge in [0.2, 0.25) is 0 Å². The molecule has 0 aliphatic carbocycles. The number of halogens is 1. The highest BCUT2D eigenvalue weighted by Crippen LogP contribution is 2.25. The SMILES string of the molecule is CC(N)C(c1cccc(Br)c1)N(C)CCc1ccccn1. The van der Waals surface area contributed by atoms with Gasteiger partial charge < -0.3 is 5.73 Å². The average Bonchev–Trinajstić information content (AvgIpc) is 2.46. The van der Waals surface area contributed by atoms with Gasteiger partial charge in [-0.1, -0.05) is 34.1 Å². The highest BCUT2D eigenvalue weighted by Gasteiger charge is 2.21. The molecule has 3 nitrogen and oxygen atoms in total. The number of nitrogens with zero attached hydrogens (tertiary/aromatic N) is 2. The number of rotatable bonds is 6. The summed E-state index contributed by atoms with van der Waals surface area (Å²) < 4.78 is 1.09. The second-order valence-corrected chi connectivity index (χ2v) is 6.33. The van der Waals surface area contributed by atoms with Gasteiger partial charge in [-0.25, -0.2) is 0 Å². The molecule has 2 aromatic rings. The number of hydrogen-bond donors (Lipinski definition) is 1. The van der Waals surface area contributed by atoms with Crippen LogP contribution in [0, 0.1) is 0 Å². The molecule has 0 aliphatic rings. The summed E-state index contributed by atoms with van der Waals surface area (Å²) in [6.45, 7) is 2.98. The molecule has 2 atom stereocenters. The average molecular weight is 348 g/mol. The topological polar surface area (TPSA) is 42.1 Å². The zero-order valence-electron chi connectivity index (χ0n) is 12.5. The highest BCUT2D eigenvalue weighted by atomic mass is 79.9. The summed E-state index contributed by atoms with van der Waals surface area (Å²) in [4.78, 5) is 6.68. The van der Waals surface area contributed by atoms with E-state index in [0.717, 1.165) is 23.1 Å². The summed E-state index contributed by atoms with van der Waals surface area (Å²) in [5.74, 6) is 0. The van der Waals surface area contributed by atoms with Crippen LogP contribution in [0.25, 0.3) is 0 Å². The Morgan fingerprint density at radius 1 is 1.24 bits per heavy atom. The van der Waals surface area contributed by atoms with E-state index in [0.29, 0.717) is 0 Å². The van der Waals surface area contributed by atoms with E-state index in [1.165, 1.54) is 5.56 Å². The summed E-state index contributed by atoms with van der Waals surface area (Å²) in [7, 11) is 2.12. The van der Waals surface area contributed by atoms with Crippen molar-refractivity contribution in [1.82, 2.24) is 9.88 Å². The first-order chi connectivity index (χ1) is 10.1. The zero-order valence-corrected chi connectivity index (χ0v) is 14.1. The van der Waals surface area contributed by atoms with Crippen molar-refractivity contribution in [2.45, 2.75) is 25.4 Å². The van der Waals surface area contributed by atoms with Gasteiger partial charge in [0.1, 0.15) is 0 Å². The van der Waals surface area contributed by atoms with Crippen molar-refractivity contribution in [3.8, 4) is 0 Å². The lowest BCUT2D eigenvalue weighted by molar-refractivity contribution is 0.221. The first kappa shape index (κ1) is 16.1. The van der Waals surface area contributed by atoms with Crippen molar-refractivity contribution >= 4 is 15.9 Å². The lowest BCUT2D eigenvalue weighted by atomic mass is 9.99. The fraction of sp³-hybridized carbons (Fsp3) is 0.353. The van der Waals surface area contributed by atoms with Crippen LogP contribution in [0.3, 0.4) is 0 Å². The molecule has 112 valence electrons. The molecule has 0 aliphatic heterocycles. The maximum absolute atomic E-state index is 6.22. The monoisotopic (exact) mass is 347 g/mol. The smallest absolute Gasteiger partial charge is 0.0494 e. The molecule has 2 N–H and O–H groups in total. The summed E-state index contributed by atoms with van der Waals surface area (Å²) in [5, 5.41) is 0. The van der Waals surface area contributed by atoms with E-state index in [1.807, 2.05) is 24.4 Å². The Labute approximate surface area is 135 Å². The predicted molar refractivity (Wildman–Crippen MR) is 91.1 cm³/mol. The third kappa shape index (κ3) is 4.63. The molecule has 0 bridgehead atoms. The van der Waals surface area contributed by atoms with Crippen molar-refractivity contribution in [3.05, 3.63) is 64.4 Å². The first-order valence-electron chi connectivity index (χ1n) is 7.19. The third-order valence-corrected chi connectivity index (χ3v) is 4.10. The molecule has 0 radical (unpaired) electrons. The Morgan fingerprint density at radius 2 is 2.05 bits per heavy atom. The predicted octanol–water partition coefficient (Wildman–Crippen LogP) is 3.41. The van der Waals surface area contributed by atoms with Crippen molar-refractivity contribution in [2.24, 2.45) is 5.73 Å². The largest absolute Gasteiger partial charge is 0.326 e. The Hall–Kier alpha value is -1.23. The van der Waals surface area contributed by atoms with Gasteiger partial charge in [-0.15, -0.1) is 0 Å². The minimum absolute atomic E-state index is 0.0630. The van der Waals surface area contributed by atoms with Crippen LogP contribution in [-0.4, -0.2) is 29.5 Å². The first-order valence-corrected chi connectivity index (χ1v) is 7.98. The lowest BCUT2D eigenvalue weighted by Crippen LogP contribution is -2.38. The fourth-order valence-corrected chi connectivity index (χ4v) is 3.04. The Kier molecular flexibility index (Phi) is 5.91. The minimum Gasteiger partial charge on any atom is -0.326 e. The molecule has 0 amide bonds. The van der Waals surface area contributed by atoms with Crippen LogP contribution in [0.15, 0.2) is 53.1 Å². The molecular formula is C17H22BrN3. The van der Waals surface area contributed by atoms with E-state index in [1.54, 1.807) is 0 Å². The minimum atomic E-state index is 0.0630. The maximum atomic E-state index is 6.22. The maximum Gasteiger partial charge on any atom is 0.0494 e. The van der Waals surface area contributed by atoms with Crippen molar-refractivity contribution in [3.63, 3.8) is 0 Å². The van der Waals surface area contributed by atoms with E-state index >= 15 is 0 Å². The van der Waals surface area contributed by atoms with Gasteiger partial charge >= 0.3 is 0 Å². The highest BCUT2D eigenvalue weighted by molar-refractivity contribution is 9.10. The van der Waals surface area contributed by atoms with Gasteiger partial charge in [0.25, 0.3) is 0 Å². The van der Waals surface area contributed by atoms with Crippen molar-refractivity contribution in [2.75, 3.05) is 13.6 Å². The summed E-state index contributed by atoms with van der Waals surface area (Å²) >= 11 is 3.54. The number of likely N-dealkylation sites (N-methyl/N-ethyl adjacent to an activating group) is 1.